The molecule has 0 bridgehead atoms. The van der Waals surface area contributed by atoms with E-state index in [-0.39, 0.29) is 12.5 Å². The Morgan fingerprint density at radius 3 is 0.973 bits per heavy atom. The molecule has 1 saturated heterocycles. The summed E-state index contributed by atoms with van der Waals surface area (Å²) >= 11 is 0. The van der Waals surface area contributed by atoms with E-state index in [0.717, 1.165) is 38.5 Å². The zero-order valence-corrected chi connectivity index (χ0v) is 48.7. The highest BCUT2D eigenvalue weighted by Gasteiger charge is 2.44. The summed E-state index contributed by atoms with van der Waals surface area (Å²) in [6.45, 7) is 3.88. The summed E-state index contributed by atoms with van der Waals surface area (Å²) in [5.41, 5.74) is 0. The van der Waals surface area contributed by atoms with Crippen LogP contribution in [0, 0.1) is 0 Å². The molecule has 9 nitrogen and oxygen atoms in total. The van der Waals surface area contributed by atoms with Crippen LogP contribution >= 0.6 is 0 Å². The number of carbonyl (C=O) groups is 1. The first-order valence-corrected chi connectivity index (χ1v) is 32.7. The Labute approximate surface area is 453 Å². The highest BCUT2D eigenvalue weighted by molar-refractivity contribution is 5.76. The molecular formula is C64H127NO8. The van der Waals surface area contributed by atoms with Crippen molar-refractivity contribution in [2.75, 3.05) is 13.2 Å². The van der Waals surface area contributed by atoms with Crippen LogP contribution < -0.4 is 5.32 Å². The normalized spacial score (nSPS) is 18.9. The summed E-state index contributed by atoms with van der Waals surface area (Å²) in [7, 11) is 0. The minimum absolute atomic E-state index is 0.131. The molecule has 1 amide bonds. The second-order valence-electron chi connectivity index (χ2n) is 23.3. The molecule has 1 heterocycles. The Morgan fingerprint density at radius 2 is 0.685 bits per heavy atom. The van der Waals surface area contributed by atoms with Crippen molar-refractivity contribution in [2.45, 2.75) is 391 Å². The summed E-state index contributed by atoms with van der Waals surface area (Å²) in [6.07, 6.45) is 60.4. The van der Waals surface area contributed by atoms with E-state index < -0.39 is 49.5 Å². The predicted molar refractivity (Wildman–Crippen MR) is 309 cm³/mol. The summed E-state index contributed by atoms with van der Waals surface area (Å²) in [6, 6.07) is -0.713. The van der Waals surface area contributed by atoms with Crippen LogP contribution in [-0.4, -0.2) is 87.5 Å². The lowest BCUT2D eigenvalue weighted by Gasteiger charge is -2.40. The van der Waals surface area contributed by atoms with E-state index in [1.165, 1.54) is 283 Å². The van der Waals surface area contributed by atoms with E-state index in [2.05, 4.69) is 19.2 Å². The number of unbranched alkanes of at least 4 members (excludes halogenated alkanes) is 48. The zero-order valence-electron chi connectivity index (χ0n) is 48.7. The number of nitrogens with one attached hydrogen (secondary N) is 1. The summed E-state index contributed by atoms with van der Waals surface area (Å²) in [5.74, 6) is -0.136. The molecule has 7 atom stereocenters. The number of carbonyl (C=O) groups excluding carboxylic acids is 1. The molecule has 1 rings (SSSR count). The minimum atomic E-state index is -1.55. The van der Waals surface area contributed by atoms with Crippen molar-refractivity contribution in [2.24, 2.45) is 0 Å². The third kappa shape index (κ3) is 43.8. The number of hydrogen-bond acceptors (Lipinski definition) is 8. The number of rotatable bonds is 58. The molecule has 2 unspecified atom stereocenters. The molecule has 6 N–H and O–H groups in total. The van der Waals surface area contributed by atoms with E-state index in [4.69, 9.17) is 9.47 Å². The van der Waals surface area contributed by atoms with Crippen LogP contribution in [0.5, 0.6) is 0 Å². The fraction of sp³-hybridized carbons (Fsp3) is 0.984. The predicted octanol–water partition coefficient (Wildman–Crippen LogP) is 17.0. The Hall–Kier alpha value is -0.810. The van der Waals surface area contributed by atoms with E-state index in [1.807, 2.05) is 0 Å². The van der Waals surface area contributed by atoms with Gasteiger partial charge in [-0.05, 0) is 12.8 Å². The molecule has 1 aliphatic rings. The molecular weight excluding hydrogens is 911 g/mol. The van der Waals surface area contributed by atoms with Gasteiger partial charge in [-0.25, -0.2) is 0 Å². The molecule has 436 valence electrons. The first kappa shape index (κ1) is 70.2. The van der Waals surface area contributed by atoms with Crippen LogP contribution in [-0.2, 0) is 14.3 Å². The third-order valence-corrected chi connectivity index (χ3v) is 16.2. The SMILES string of the molecule is CCCCCCCCCCCCCCCCCCCCCCCCCCCCCCCCCCCCCCC(=O)N[C@@H](CO[C@@H]1O[C@H](CO)[C@H](O)C(O)C1O)[C@H](O)CCCCCCCCCCCCCCCC. The molecule has 9 heteroatoms. The molecule has 0 saturated carbocycles. The standard InChI is InChI=1S/C64H127NO8/c1-3-5-7-9-11-13-15-17-19-20-21-22-23-24-25-26-27-28-29-30-31-32-33-34-35-36-37-38-39-40-42-44-46-48-50-52-54-60(68)65-57(56-72-64-63(71)62(70)61(69)59(55-66)73-64)58(67)53-51-49-47-45-43-41-18-16-14-12-10-8-6-4-2/h57-59,61-64,66-67,69-71H,3-56H2,1-2H3,(H,65,68)/t57-,58+,59+,61-,62?,63?,64+/m0/s1. The zero-order chi connectivity index (χ0) is 52.9. The van der Waals surface area contributed by atoms with E-state index in [9.17, 15) is 30.3 Å². The van der Waals surface area contributed by atoms with Crippen molar-refractivity contribution in [3.05, 3.63) is 0 Å². The molecule has 0 aromatic rings. The van der Waals surface area contributed by atoms with Crippen LogP contribution in [0.3, 0.4) is 0 Å². The summed E-state index contributed by atoms with van der Waals surface area (Å²) in [4.78, 5) is 13.1. The number of hydrogen-bond donors (Lipinski definition) is 6. The van der Waals surface area contributed by atoms with Crippen molar-refractivity contribution in [3.8, 4) is 0 Å². The average molecular weight is 1040 g/mol. The second kappa shape index (κ2) is 54.5. The highest BCUT2D eigenvalue weighted by atomic mass is 16.7. The van der Waals surface area contributed by atoms with E-state index in [1.54, 1.807) is 0 Å². The van der Waals surface area contributed by atoms with Gasteiger partial charge in [-0.2, -0.15) is 0 Å². The highest BCUT2D eigenvalue weighted by Crippen LogP contribution is 2.24. The third-order valence-electron chi connectivity index (χ3n) is 16.2. The molecule has 0 aromatic heterocycles. The summed E-state index contributed by atoms with van der Waals surface area (Å²) < 4.78 is 11.3. The average Bonchev–Trinajstić information content (AvgIpc) is 3.39. The van der Waals surface area contributed by atoms with Crippen molar-refractivity contribution < 1.29 is 39.8 Å². The Morgan fingerprint density at radius 1 is 0.411 bits per heavy atom. The Bertz CT molecular complexity index is 1110. The largest absolute Gasteiger partial charge is 0.394 e. The van der Waals surface area contributed by atoms with Crippen molar-refractivity contribution in [3.63, 3.8) is 0 Å². The smallest absolute Gasteiger partial charge is 0.220 e. The first-order chi connectivity index (χ1) is 35.8. The Balaban J connectivity index is 2.02. The van der Waals surface area contributed by atoms with E-state index in [0.29, 0.717) is 12.8 Å². The fourth-order valence-corrected chi connectivity index (χ4v) is 11.0. The maximum Gasteiger partial charge on any atom is 0.220 e. The van der Waals surface area contributed by atoms with E-state index >= 15 is 0 Å². The topological polar surface area (TPSA) is 149 Å². The quantitative estimate of drug-likeness (QED) is 0.0330. The number of aliphatic hydroxyl groups excluding tert-OH is 5. The lowest BCUT2D eigenvalue weighted by Crippen LogP contribution is -2.60. The molecule has 0 aromatic carbocycles. The van der Waals surface area contributed by atoms with Crippen LogP contribution in [0.25, 0.3) is 0 Å². The Kier molecular flexibility index (Phi) is 52.5. The maximum absolute atomic E-state index is 13.1. The van der Waals surface area contributed by atoms with Crippen molar-refractivity contribution in [1.29, 1.82) is 0 Å². The molecule has 1 fully saturated rings. The van der Waals surface area contributed by atoms with Crippen LogP contribution in [0.15, 0.2) is 0 Å². The number of aliphatic hydroxyl groups is 5. The van der Waals surface area contributed by atoms with Gasteiger partial charge < -0.3 is 40.3 Å². The van der Waals surface area contributed by atoms with Gasteiger partial charge in [-0.3, -0.25) is 4.79 Å². The van der Waals surface area contributed by atoms with Gasteiger partial charge in [0.05, 0.1) is 25.4 Å². The van der Waals surface area contributed by atoms with Gasteiger partial charge in [-0.15, -0.1) is 0 Å². The van der Waals surface area contributed by atoms with Gasteiger partial charge in [0, 0.05) is 6.42 Å². The van der Waals surface area contributed by atoms with Gasteiger partial charge in [0.1, 0.15) is 24.4 Å². The molecule has 0 spiro atoms. The molecule has 0 aliphatic carbocycles. The molecule has 0 radical (unpaired) electrons. The van der Waals surface area contributed by atoms with Gasteiger partial charge >= 0.3 is 0 Å². The lowest BCUT2D eigenvalue weighted by molar-refractivity contribution is -0.302. The van der Waals surface area contributed by atoms with Gasteiger partial charge in [0.15, 0.2) is 6.29 Å². The maximum atomic E-state index is 13.1. The van der Waals surface area contributed by atoms with Gasteiger partial charge in [0.2, 0.25) is 5.91 Å². The minimum Gasteiger partial charge on any atom is -0.394 e. The van der Waals surface area contributed by atoms with Gasteiger partial charge in [-0.1, -0.05) is 328 Å². The van der Waals surface area contributed by atoms with Crippen LogP contribution in [0.4, 0.5) is 0 Å². The second-order valence-corrected chi connectivity index (χ2v) is 23.3. The molecule has 73 heavy (non-hydrogen) atoms. The summed E-state index contributed by atoms with van der Waals surface area (Å²) in [5, 5.41) is 54.7. The fourth-order valence-electron chi connectivity index (χ4n) is 11.0. The van der Waals surface area contributed by atoms with Crippen molar-refractivity contribution >= 4 is 5.91 Å². The molecule has 1 aliphatic heterocycles. The van der Waals surface area contributed by atoms with Gasteiger partial charge in [0.25, 0.3) is 0 Å². The first-order valence-electron chi connectivity index (χ1n) is 32.7. The van der Waals surface area contributed by atoms with Crippen LogP contribution in [0.1, 0.15) is 348 Å². The van der Waals surface area contributed by atoms with Crippen LogP contribution in [0.2, 0.25) is 0 Å². The van der Waals surface area contributed by atoms with Crippen molar-refractivity contribution in [1.82, 2.24) is 5.32 Å². The monoisotopic (exact) mass is 1040 g/mol. The number of ether oxygens (including phenoxy) is 2. The lowest BCUT2D eigenvalue weighted by atomic mass is 9.99. The number of amides is 1.